The Morgan fingerprint density at radius 3 is 2.54 bits per heavy atom. The number of halogens is 1. The van der Waals surface area contributed by atoms with Crippen molar-refractivity contribution in [1.82, 2.24) is 4.90 Å². The number of rotatable bonds is 11. The number of nitrogens with zero attached hydrogens (tertiary/aromatic N) is 1. The topological polar surface area (TPSA) is 58.6 Å². The molecule has 0 saturated heterocycles. The van der Waals surface area contributed by atoms with Gasteiger partial charge in [0, 0.05) is 25.3 Å². The zero-order valence-electron chi connectivity index (χ0n) is 17.1. The molecule has 0 aliphatic carbocycles. The average Bonchev–Trinajstić information content (AvgIpc) is 3.02. The van der Waals surface area contributed by atoms with Crippen molar-refractivity contribution in [3.8, 4) is 5.75 Å². The first-order valence-electron chi connectivity index (χ1n) is 9.83. The predicted molar refractivity (Wildman–Crippen MR) is 121 cm³/mol. The zero-order chi connectivity index (χ0) is 20.7. The number of hydrogen-bond donors (Lipinski definition) is 1. The number of unbranched alkanes of at least 4 members (excludes halogenated alkanes) is 1. The summed E-state index contributed by atoms with van der Waals surface area (Å²) < 4.78 is 7.85. The molecule has 0 saturated carbocycles. The lowest BCUT2D eigenvalue weighted by Crippen LogP contribution is -2.27. The predicted octanol–water partition coefficient (Wildman–Crippen LogP) is 5.72. The fourth-order valence-electron chi connectivity index (χ4n) is 3.05. The first-order chi connectivity index (χ1) is 13.4. The molecule has 0 spiro atoms. The van der Waals surface area contributed by atoms with Gasteiger partial charge in [-0.25, -0.2) is 0 Å². The van der Waals surface area contributed by atoms with Gasteiger partial charge in [-0.1, -0.05) is 33.3 Å². The molecule has 0 fully saturated rings. The highest BCUT2D eigenvalue weighted by molar-refractivity contribution is 9.10. The number of carbonyl (C=O) groups excluding carboxylic acids is 2. The molecular weight excluding hydrogens is 440 g/mol. The Hall–Kier alpha value is -1.44. The van der Waals surface area contributed by atoms with Crippen LogP contribution in [0.15, 0.2) is 16.6 Å². The van der Waals surface area contributed by atoms with Crippen LogP contribution in [0.1, 0.15) is 57.3 Å². The third kappa shape index (κ3) is 5.55. The molecule has 28 heavy (non-hydrogen) atoms. The van der Waals surface area contributed by atoms with Crippen molar-refractivity contribution in [2.24, 2.45) is 0 Å². The highest BCUT2D eigenvalue weighted by Crippen LogP contribution is 2.44. The van der Waals surface area contributed by atoms with E-state index in [1.54, 1.807) is 0 Å². The SMILES string of the molecule is CCCCC(=O)c1c(NC(C)=O)sc2c(OCCN(CC)CC)c(Br)ccc12. The lowest BCUT2D eigenvalue weighted by Gasteiger charge is -2.18. The molecule has 1 N–H and O–H groups in total. The van der Waals surface area contributed by atoms with E-state index >= 15 is 0 Å². The smallest absolute Gasteiger partial charge is 0.221 e. The van der Waals surface area contributed by atoms with E-state index in [2.05, 4.69) is 46.9 Å². The van der Waals surface area contributed by atoms with E-state index in [0.29, 0.717) is 23.6 Å². The van der Waals surface area contributed by atoms with Gasteiger partial charge in [0.2, 0.25) is 5.91 Å². The second kappa shape index (κ2) is 10.9. The van der Waals surface area contributed by atoms with Gasteiger partial charge < -0.3 is 15.0 Å². The van der Waals surface area contributed by atoms with Gasteiger partial charge in [-0.3, -0.25) is 9.59 Å². The first-order valence-corrected chi connectivity index (χ1v) is 11.4. The number of likely N-dealkylation sites (N-methyl/N-ethyl adjacent to an activating group) is 1. The lowest BCUT2D eigenvalue weighted by atomic mass is 10.0. The number of ether oxygens (including phenoxy) is 1. The monoisotopic (exact) mass is 468 g/mol. The van der Waals surface area contributed by atoms with Gasteiger partial charge in [0.05, 0.1) is 14.7 Å². The van der Waals surface area contributed by atoms with Crippen LogP contribution in [0.5, 0.6) is 5.75 Å². The molecule has 5 nitrogen and oxygen atoms in total. The molecule has 1 amide bonds. The molecule has 2 aromatic rings. The van der Waals surface area contributed by atoms with Gasteiger partial charge in [-0.15, -0.1) is 11.3 Å². The molecule has 0 radical (unpaired) electrons. The summed E-state index contributed by atoms with van der Waals surface area (Å²) >= 11 is 4.98. The van der Waals surface area contributed by atoms with Gasteiger partial charge in [0.25, 0.3) is 0 Å². The Morgan fingerprint density at radius 1 is 1.21 bits per heavy atom. The van der Waals surface area contributed by atoms with Crippen molar-refractivity contribution < 1.29 is 14.3 Å². The molecule has 0 bridgehead atoms. The molecule has 7 heteroatoms. The Balaban J connectivity index is 2.42. The largest absolute Gasteiger partial charge is 0.490 e. The molecule has 1 aromatic carbocycles. The van der Waals surface area contributed by atoms with Crippen molar-refractivity contribution in [2.75, 3.05) is 31.6 Å². The fraction of sp³-hybridized carbons (Fsp3) is 0.524. The second-order valence-electron chi connectivity index (χ2n) is 6.64. The fourth-order valence-corrected chi connectivity index (χ4v) is 4.89. The zero-order valence-corrected chi connectivity index (χ0v) is 19.5. The lowest BCUT2D eigenvalue weighted by molar-refractivity contribution is -0.114. The van der Waals surface area contributed by atoms with Crippen LogP contribution in [0, 0.1) is 0 Å². The van der Waals surface area contributed by atoms with Gasteiger partial charge in [0.15, 0.2) is 11.5 Å². The Morgan fingerprint density at radius 2 is 1.93 bits per heavy atom. The summed E-state index contributed by atoms with van der Waals surface area (Å²) in [7, 11) is 0. The maximum absolute atomic E-state index is 12.9. The number of nitrogens with one attached hydrogen (secondary N) is 1. The first kappa shape index (κ1) is 22.8. The molecular formula is C21H29BrN2O3S. The molecule has 0 atom stereocenters. The van der Waals surface area contributed by atoms with Crippen LogP contribution in [0.4, 0.5) is 5.00 Å². The van der Waals surface area contributed by atoms with Crippen LogP contribution in [0.25, 0.3) is 10.1 Å². The molecule has 2 rings (SSSR count). The van der Waals surface area contributed by atoms with Crippen LogP contribution < -0.4 is 10.1 Å². The van der Waals surface area contributed by atoms with E-state index in [1.807, 2.05) is 12.1 Å². The number of benzene rings is 1. The standard InChI is InChI=1S/C21H29BrN2O3S/c1-5-8-9-17(26)18-15-10-11-16(22)19(27-13-12-24(6-2)7-3)20(15)28-21(18)23-14(4)25/h10-11H,5-9,12-13H2,1-4H3,(H,23,25). The van der Waals surface area contributed by atoms with Crippen LogP contribution >= 0.6 is 27.3 Å². The number of amides is 1. The van der Waals surface area contributed by atoms with Crippen molar-refractivity contribution in [2.45, 2.75) is 47.0 Å². The number of ketones is 1. The van der Waals surface area contributed by atoms with Crippen molar-refractivity contribution >= 4 is 54.0 Å². The highest BCUT2D eigenvalue weighted by atomic mass is 79.9. The average molecular weight is 469 g/mol. The highest BCUT2D eigenvalue weighted by Gasteiger charge is 2.23. The van der Waals surface area contributed by atoms with Gasteiger partial charge in [-0.2, -0.15) is 0 Å². The quantitative estimate of drug-likeness (QED) is 0.428. The number of fused-ring (bicyclic) bond motifs is 1. The number of anilines is 1. The summed E-state index contributed by atoms with van der Waals surface area (Å²) in [5.74, 6) is 0.614. The van der Waals surface area contributed by atoms with Crippen molar-refractivity contribution in [3.63, 3.8) is 0 Å². The summed E-state index contributed by atoms with van der Waals surface area (Å²) in [6.07, 6.45) is 2.26. The third-order valence-electron chi connectivity index (χ3n) is 4.64. The molecule has 0 unspecified atom stereocenters. The molecule has 0 aliphatic rings. The summed E-state index contributed by atoms with van der Waals surface area (Å²) in [6, 6.07) is 3.84. The number of Topliss-reactive ketones (excluding diaryl/α,β-unsaturated/α-hetero) is 1. The number of thiophene rings is 1. The Kier molecular flexibility index (Phi) is 8.92. The number of carbonyl (C=O) groups is 2. The molecule has 1 aromatic heterocycles. The maximum atomic E-state index is 12.9. The van der Waals surface area contributed by atoms with E-state index in [1.165, 1.54) is 18.3 Å². The van der Waals surface area contributed by atoms with Crippen molar-refractivity contribution in [1.29, 1.82) is 0 Å². The van der Waals surface area contributed by atoms with E-state index in [-0.39, 0.29) is 11.7 Å². The summed E-state index contributed by atoms with van der Waals surface area (Å²) in [6.45, 7) is 11.1. The van der Waals surface area contributed by atoms with E-state index in [0.717, 1.165) is 52.8 Å². The van der Waals surface area contributed by atoms with Gasteiger partial charge in [-0.05, 0) is 41.5 Å². The minimum Gasteiger partial charge on any atom is -0.490 e. The van der Waals surface area contributed by atoms with E-state index < -0.39 is 0 Å². The van der Waals surface area contributed by atoms with Crippen LogP contribution in [0.2, 0.25) is 0 Å². The van der Waals surface area contributed by atoms with Gasteiger partial charge >= 0.3 is 0 Å². The third-order valence-corrected chi connectivity index (χ3v) is 6.38. The van der Waals surface area contributed by atoms with E-state index in [9.17, 15) is 9.59 Å². The second-order valence-corrected chi connectivity index (χ2v) is 8.52. The van der Waals surface area contributed by atoms with Crippen LogP contribution in [0.3, 0.4) is 0 Å². The number of hydrogen-bond acceptors (Lipinski definition) is 5. The molecule has 154 valence electrons. The van der Waals surface area contributed by atoms with Crippen LogP contribution in [-0.2, 0) is 4.79 Å². The minimum absolute atomic E-state index is 0.0632. The summed E-state index contributed by atoms with van der Waals surface area (Å²) in [5, 5.41) is 4.29. The Bertz CT molecular complexity index is 831. The summed E-state index contributed by atoms with van der Waals surface area (Å²) in [5.41, 5.74) is 0.602. The Labute approximate surface area is 179 Å². The maximum Gasteiger partial charge on any atom is 0.221 e. The molecule has 1 heterocycles. The normalized spacial score (nSPS) is 11.2. The van der Waals surface area contributed by atoms with Crippen molar-refractivity contribution in [3.05, 3.63) is 22.2 Å². The summed E-state index contributed by atoms with van der Waals surface area (Å²) in [4.78, 5) is 26.8. The molecule has 0 aliphatic heterocycles. The van der Waals surface area contributed by atoms with E-state index in [4.69, 9.17) is 4.74 Å². The minimum atomic E-state index is -0.181. The van der Waals surface area contributed by atoms with Gasteiger partial charge in [0.1, 0.15) is 11.6 Å². The van der Waals surface area contributed by atoms with Crippen LogP contribution in [-0.4, -0.2) is 42.8 Å².